The minimum absolute atomic E-state index is 0.109. The van der Waals surface area contributed by atoms with Gasteiger partial charge in [-0.1, -0.05) is 60.5 Å². The van der Waals surface area contributed by atoms with E-state index in [-0.39, 0.29) is 5.41 Å². The molecule has 3 fully saturated rings. The van der Waals surface area contributed by atoms with E-state index in [1.807, 2.05) is 0 Å². The van der Waals surface area contributed by atoms with Crippen molar-refractivity contribution in [2.24, 2.45) is 52.3 Å². The van der Waals surface area contributed by atoms with Gasteiger partial charge in [0, 0.05) is 0 Å². The van der Waals surface area contributed by atoms with Crippen LogP contribution in [0.3, 0.4) is 0 Å². The Balaban J connectivity index is 1.49. The van der Waals surface area contributed by atoms with Crippen LogP contribution < -0.4 is 0 Å². The lowest BCUT2D eigenvalue weighted by Gasteiger charge is -2.59. The first-order valence-electron chi connectivity index (χ1n) is 13.7. The van der Waals surface area contributed by atoms with Crippen molar-refractivity contribution in [2.75, 3.05) is 0 Å². The van der Waals surface area contributed by atoms with Gasteiger partial charge in [-0.25, -0.2) is 0 Å². The molecule has 0 spiro atoms. The van der Waals surface area contributed by atoms with Crippen molar-refractivity contribution in [1.29, 1.82) is 0 Å². The van der Waals surface area contributed by atoms with Crippen LogP contribution in [0.4, 0.5) is 0 Å². The van der Waals surface area contributed by atoms with Crippen LogP contribution in [0.2, 0.25) is 0 Å². The third-order valence-corrected chi connectivity index (χ3v) is 11.4. The lowest BCUT2D eigenvalue weighted by Crippen LogP contribution is -2.53. The van der Waals surface area contributed by atoms with Crippen molar-refractivity contribution in [3.63, 3.8) is 0 Å². The molecule has 178 valence electrons. The Labute approximate surface area is 192 Å². The molecule has 2 heteroatoms. The fourth-order valence-corrected chi connectivity index (χ4v) is 9.38. The van der Waals surface area contributed by atoms with Gasteiger partial charge in [-0.15, -0.1) is 0 Å². The first kappa shape index (κ1) is 23.8. The summed E-state index contributed by atoms with van der Waals surface area (Å²) in [7, 11) is 0. The van der Waals surface area contributed by atoms with Gasteiger partial charge in [-0.2, -0.15) is 0 Å². The van der Waals surface area contributed by atoms with Gasteiger partial charge < -0.3 is 10.2 Å². The molecule has 0 bridgehead atoms. The molecule has 0 radical (unpaired) electrons. The standard InChI is InChI=1S/C29H50O2/c1-7-20(18(2)3)9-8-19(4)22-12-13-23-21-10-11-25-27(31)26(30)15-17-29(25,6)24(21)14-16-28(22,23)5/h11,18-24,26-27,30-31H,7-10,12-17H2,1-6H3/t19-,20-,21+,22-,23+,24+,26+,27+,28-,29-/m1/s1. The van der Waals surface area contributed by atoms with Crippen molar-refractivity contribution in [2.45, 2.75) is 118 Å². The summed E-state index contributed by atoms with van der Waals surface area (Å²) in [6.45, 7) is 14.8. The Hall–Kier alpha value is -0.340. The van der Waals surface area contributed by atoms with Crippen LogP contribution in [0, 0.1) is 52.3 Å². The Bertz CT molecular complexity index is 668. The van der Waals surface area contributed by atoms with Crippen LogP contribution in [0.1, 0.15) is 106 Å². The van der Waals surface area contributed by atoms with E-state index in [2.05, 4.69) is 47.6 Å². The number of aliphatic hydroxyl groups excluding tert-OH is 2. The zero-order valence-corrected chi connectivity index (χ0v) is 21.2. The molecule has 0 aromatic heterocycles. The number of allylic oxidation sites excluding steroid dienone is 1. The number of fused-ring (bicyclic) bond motifs is 5. The van der Waals surface area contributed by atoms with Gasteiger partial charge in [0.25, 0.3) is 0 Å². The molecule has 2 N–H and O–H groups in total. The summed E-state index contributed by atoms with van der Waals surface area (Å²) in [5, 5.41) is 21.0. The third-order valence-electron chi connectivity index (χ3n) is 11.4. The first-order chi connectivity index (χ1) is 14.6. The maximum Gasteiger partial charge on any atom is 0.101 e. The number of hydrogen-bond acceptors (Lipinski definition) is 2. The fourth-order valence-electron chi connectivity index (χ4n) is 9.38. The van der Waals surface area contributed by atoms with Gasteiger partial charge in [0.1, 0.15) is 6.10 Å². The zero-order valence-electron chi connectivity index (χ0n) is 21.2. The highest BCUT2D eigenvalue weighted by Gasteiger charge is 2.60. The van der Waals surface area contributed by atoms with E-state index in [1.165, 1.54) is 50.5 Å². The molecular weight excluding hydrogens is 380 g/mol. The average molecular weight is 431 g/mol. The summed E-state index contributed by atoms with van der Waals surface area (Å²) in [5.74, 6) is 5.77. The van der Waals surface area contributed by atoms with Gasteiger partial charge in [0.05, 0.1) is 6.10 Å². The van der Waals surface area contributed by atoms with E-state index in [9.17, 15) is 10.2 Å². The van der Waals surface area contributed by atoms with Gasteiger partial charge in [-0.05, 0) is 109 Å². The summed E-state index contributed by atoms with van der Waals surface area (Å²) in [6.07, 6.45) is 13.8. The van der Waals surface area contributed by atoms with E-state index in [1.54, 1.807) is 0 Å². The van der Waals surface area contributed by atoms with E-state index in [0.29, 0.717) is 11.3 Å². The minimum atomic E-state index is -0.628. The topological polar surface area (TPSA) is 40.5 Å². The minimum Gasteiger partial charge on any atom is -0.390 e. The third kappa shape index (κ3) is 3.86. The molecule has 4 rings (SSSR count). The maximum atomic E-state index is 10.7. The number of rotatable bonds is 6. The van der Waals surface area contributed by atoms with Crippen molar-refractivity contribution in [3.8, 4) is 0 Å². The Morgan fingerprint density at radius 3 is 2.39 bits per heavy atom. The number of aliphatic hydroxyl groups is 2. The average Bonchev–Trinajstić information content (AvgIpc) is 3.08. The summed E-state index contributed by atoms with van der Waals surface area (Å²) >= 11 is 0. The molecule has 0 heterocycles. The van der Waals surface area contributed by atoms with Gasteiger partial charge in [-0.3, -0.25) is 0 Å². The molecule has 10 atom stereocenters. The summed E-state index contributed by atoms with van der Waals surface area (Å²) in [6, 6.07) is 0. The monoisotopic (exact) mass is 430 g/mol. The molecule has 4 aliphatic rings. The maximum absolute atomic E-state index is 10.7. The highest BCUT2D eigenvalue weighted by Crippen LogP contribution is 2.67. The second-order valence-corrected chi connectivity index (χ2v) is 12.9. The van der Waals surface area contributed by atoms with Crippen LogP contribution in [-0.2, 0) is 0 Å². The summed E-state index contributed by atoms with van der Waals surface area (Å²) < 4.78 is 0. The molecule has 0 saturated heterocycles. The van der Waals surface area contributed by atoms with Crippen LogP contribution in [0.5, 0.6) is 0 Å². The largest absolute Gasteiger partial charge is 0.390 e. The molecule has 0 aromatic rings. The number of hydrogen-bond donors (Lipinski definition) is 2. The quantitative estimate of drug-likeness (QED) is 0.446. The van der Waals surface area contributed by atoms with E-state index in [0.717, 1.165) is 54.8 Å². The van der Waals surface area contributed by atoms with E-state index < -0.39 is 12.2 Å². The summed E-state index contributed by atoms with van der Waals surface area (Å²) in [4.78, 5) is 0. The summed E-state index contributed by atoms with van der Waals surface area (Å²) in [5.41, 5.74) is 1.80. The second kappa shape index (κ2) is 8.79. The van der Waals surface area contributed by atoms with Crippen LogP contribution in [0.25, 0.3) is 0 Å². The Morgan fingerprint density at radius 1 is 0.968 bits per heavy atom. The second-order valence-electron chi connectivity index (χ2n) is 12.9. The van der Waals surface area contributed by atoms with E-state index >= 15 is 0 Å². The van der Waals surface area contributed by atoms with Crippen molar-refractivity contribution in [1.82, 2.24) is 0 Å². The molecule has 0 unspecified atom stereocenters. The first-order valence-corrected chi connectivity index (χ1v) is 13.7. The molecule has 0 amide bonds. The van der Waals surface area contributed by atoms with Crippen LogP contribution in [0.15, 0.2) is 11.6 Å². The van der Waals surface area contributed by atoms with Crippen molar-refractivity contribution < 1.29 is 10.2 Å². The van der Waals surface area contributed by atoms with Crippen LogP contribution in [-0.4, -0.2) is 22.4 Å². The van der Waals surface area contributed by atoms with E-state index in [4.69, 9.17) is 0 Å². The zero-order chi connectivity index (χ0) is 22.6. The molecular formula is C29H50O2. The predicted octanol–water partition coefficient (Wildman–Crippen LogP) is 7.00. The van der Waals surface area contributed by atoms with Crippen molar-refractivity contribution in [3.05, 3.63) is 11.6 Å². The molecule has 31 heavy (non-hydrogen) atoms. The SMILES string of the molecule is CC[C@H](CC[C@@H](C)[C@H]1CC[C@H]2[C@@H]3CC=C4[C@H](O)[C@@H](O)CC[C@]4(C)[C@H]3CC[C@]12C)C(C)C. The molecule has 3 saturated carbocycles. The molecule has 0 aliphatic heterocycles. The highest BCUT2D eigenvalue weighted by molar-refractivity contribution is 5.29. The molecule has 4 aliphatic carbocycles. The van der Waals surface area contributed by atoms with Gasteiger partial charge in [0.2, 0.25) is 0 Å². The molecule has 2 nitrogen and oxygen atoms in total. The van der Waals surface area contributed by atoms with Crippen molar-refractivity contribution >= 4 is 0 Å². The Morgan fingerprint density at radius 2 is 1.71 bits per heavy atom. The fraction of sp³-hybridized carbons (Fsp3) is 0.931. The molecule has 0 aromatic carbocycles. The van der Waals surface area contributed by atoms with Gasteiger partial charge in [0.15, 0.2) is 0 Å². The van der Waals surface area contributed by atoms with Crippen LogP contribution >= 0.6 is 0 Å². The Kier molecular flexibility index (Phi) is 6.75. The predicted molar refractivity (Wildman–Crippen MR) is 130 cm³/mol. The normalized spacial score (nSPS) is 46.7. The van der Waals surface area contributed by atoms with Gasteiger partial charge >= 0.3 is 0 Å². The lowest BCUT2D eigenvalue weighted by atomic mass is 9.46. The smallest absolute Gasteiger partial charge is 0.101 e. The highest BCUT2D eigenvalue weighted by atomic mass is 16.3. The lowest BCUT2D eigenvalue weighted by molar-refractivity contribution is -0.0802.